The predicted octanol–water partition coefficient (Wildman–Crippen LogP) is 7.32. The number of carbonyl (C=O) groups excluding carboxylic acids is 3. The Morgan fingerprint density at radius 1 is 0.738 bits per heavy atom. The third-order valence-electron chi connectivity index (χ3n) is 6.09. The number of ketones is 1. The molecule has 0 aliphatic carbocycles. The van der Waals surface area contributed by atoms with Crippen LogP contribution in [-0.2, 0) is 4.79 Å². The van der Waals surface area contributed by atoms with Crippen molar-refractivity contribution in [1.29, 1.82) is 0 Å². The molecule has 0 saturated heterocycles. The monoisotopic (exact) mass is 600 g/mol. The van der Waals surface area contributed by atoms with E-state index < -0.39 is 11.8 Å². The molecule has 7 nitrogen and oxygen atoms in total. The summed E-state index contributed by atoms with van der Waals surface area (Å²) in [5, 5.41) is 6.21. The highest BCUT2D eigenvalue weighted by Gasteiger charge is 2.17. The van der Waals surface area contributed by atoms with Gasteiger partial charge in [0.1, 0.15) is 5.70 Å². The molecule has 0 aliphatic rings. The number of carbonyl (C=O) groups is 3. The Kier molecular flexibility index (Phi) is 10.2. The van der Waals surface area contributed by atoms with Crippen LogP contribution in [0.3, 0.4) is 0 Å². The average molecular weight is 601 g/mol. The van der Waals surface area contributed by atoms with Gasteiger partial charge in [0.25, 0.3) is 11.8 Å². The van der Waals surface area contributed by atoms with Gasteiger partial charge in [-0.25, -0.2) is 0 Å². The number of anilines is 1. The molecule has 0 atom stereocenters. The Labute approximate surface area is 253 Å². The summed E-state index contributed by atoms with van der Waals surface area (Å²) in [5.74, 6) is -0.448. The van der Waals surface area contributed by atoms with E-state index in [1.807, 2.05) is 0 Å². The van der Waals surface area contributed by atoms with Gasteiger partial charge in [0.05, 0.1) is 24.3 Å². The lowest BCUT2D eigenvalue weighted by atomic mass is 10.1. The van der Waals surface area contributed by atoms with Crippen LogP contribution < -0.4 is 20.1 Å². The highest BCUT2D eigenvalue weighted by atomic mass is 35.5. The fourth-order valence-corrected chi connectivity index (χ4v) is 4.32. The van der Waals surface area contributed by atoms with Gasteiger partial charge in [-0.2, -0.15) is 0 Å². The molecule has 0 bridgehead atoms. The van der Waals surface area contributed by atoms with Crippen molar-refractivity contribution >= 4 is 58.6 Å². The van der Waals surface area contributed by atoms with Crippen molar-refractivity contribution in [1.82, 2.24) is 5.32 Å². The van der Waals surface area contributed by atoms with E-state index >= 15 is 0 Å². The van der Waals surface area contributed by atoms with Crippen molar-refractivity contribution < 1.29 is 23.9 Å². The molecule has 4 rings (SSSR count). The molecule has 2 amide bonds. The van der Waals surface area contributed by atoms with Crippen LogP contribution >= 0.6 is 23.2 Å². The summed E-state index contributed by atoms with van der Waals surface area (Å²) in [6, 6.07) is 25.2. The van der Waals surface area contributed by atoms with Crippen LogP contribution in [0.1, 0.15) is 31.8 Å². The molecular formula is C33H26Cl2N2O5. The van der Waals surface area contributed by atoms with Crippen molar-refractivity contribution in [2.45, 2.75) is 0 Å². The lowest BCUT2D eigenvalue weighted by Crippen LogP contribution is -2.30. The summed E-state index contributed by atoms with van der Waals surface area (Å²) in [6.45, 7) is 0. The quantitative estimate of drug-likeness (QED) is 0.147. The van der Waals surface area contributed by atoms with Crippen molar-refractivity contribution in [3.63, 3.8) is 0 Å². The van der Waals surface area contributed by atoms with Crippen LogP contribution in [0.15, 0.2) is 103 Å². The number of halogens is 2. The van der Waals surface area contributed by atoms with Gasteiger partial charge in [-0.15, -0.1) is 0 Å². The lowest BCUT2D eigenvalue weighted by Gasteiger charge is -2.14. The number of methoxy groups -OCH3 is 2. The minimum absolute atomic E-state index is 0.0307. The Bertz CT molecular complexity index is 1670. The maximum Gasteiger partial charge on any atom is 0.272 e. The second-order valence-corrected chi connectivity index (χ2v) is 9.62. The summed E-state index contributed by atoms with van der Waals surface area (Å²) in [7, 11) is 2.99. The van der Waals surface area contributed by atoms with Crippen LogP contribution in [0, 0.1) is 0 Å². The second kappa shape index (κ2) is 14.2. The first kappa shape index (κ1) is 30.1. The molecule has 0 aliphatic heterocycles. The smallest absolute Gasteiger partial charge is 0.272 e. The summed E-state index contributed by atoms with van der Waals surface area (Å²) in [4.78, 5) is 39.1. The fraction of sp³-hybridized carbons (Fsp3) is 0.0606. The maximum absolute atomic E-state index is 13.4. The molecule has 0 radical (unpaired) electrons. The van der Waals surface area contributed by atoms with E-state index in [4.69, 9.17) is 32.7 Å². The topological polar surface area (TPSA) is 93.7 Å². The Morgan fingerprint density at radius 2 is 1.43 bits per heavy atom. The number of amides is 2. The fourth-order valence-electron chi connectivity index (χ4n) is 3.95. The Hall–Kier alpha value is -4.85. The molecule has 0 aromatic heterocycles. The van der Waals surface area contributed by atoms with Crippen LogP contribution in [0.5, 0.6) is 11.5 Å². The highest BCUT2D eigenvalue weighted by Crippen LogP contribution is 2.32. The summed E-state index contributed by atoms with van der Waals surface area (Å²) in [6.07, 6.45) is 4.49. The molecule has 0 fully saturated rings. The van der Waals surface area contributed by atoms with Crippen molar-refractivity contribution in [2.75, 3.05) is 19.5 Å². The molecule has 0 heterocycles. The molecule has 2 N–H and O–H groups in total. The number of hydrogen-bond donors (Lipinski definition) is 2. The summed E-state index contributed by atoms with van der Waals surface area (Å²) < 4.78 is 10.8. The zero-order valence-corrected chi connectivity index (χ0v) is 24.2. The van der Waals surface area contributed by atoms with E-state index in [9.17, 15) is 14.4 Å². The largest absolute Gasteiger partial charge is 0.493 e. The number of para-hydroxylation sites is 1. The van der Waals surface area contributed by atoms with Gasteiger partial charge in [0.2, 0.25) is 0 Å². The zero-order valence-electron chi connectivity index (χ0n) is 22.7. The van der Waals surface area contributed by atoms with E-state index in [1.165, 1.54) is 26.4 Å². The van der Waals surface area contributed by atoms with Crippen LogP contribution in [0.2, 0.25) is 10.0 Å². The minimum Gasteiger partial charge on any atom is -0.493 e. The zero-order chi connectivity index (χ0) is 30.1. The molecular weight excluding hydrogens is 575 g/mol. The minimum atomic E-state index is -0.585. The van der Waals surface area contributed by atoms with Gasteiger partial charge in [0.15, 0.2) is 17.3 Å². The van der Waals surface area contributed by atoms with E-state index in [2.05, 4.69) is 10.6 Å². The second-order valence-electron chi connectivity index (χ2n) is 8.83. The molecule has 212 valence electrons. The normalized spacial score (nSPS) is 11.2. The number of rotatable bonds is 10. The van der Waals surface area contributed by atoms with Gasteiger partial charge in [-0.05, 0) is 72.3 Å². The van der Waals surface area contributed by atoms with Gasteiger partial charge in [-0.3, -0.25) is 14.4 Å². The van der Waals surface area contributed by atoms with E-state index in [-0.39, 0.29) is 11.5 Å². The molecule has 4 aromatic carbocycles. The average Bonchev–Trinajstić information content (AvgIpc) is 3.01. The van der Waals surface area contributed by atoms with Gasteiger partial charge in [-0.1, -0.05) is 65.7 Å². The van der Waals surface area contributed by atoms with Crippen LogP contribution in [-0.4, -0.2) is 31.8 Å². The third kappa shape index (κ3) is 7.46. The van der Waals surface area contributed by atoms with Crippen LogP contribution in [0.25, 0.3) is 12.2 Å². The van der Waals surface area contributed by atoms with Crippen molar-refractivity contribution in [3.05, 3.63) is 135 Å². The third-order valence-corrected chi connectivity index (χ3v) is 6.92. The van der Waals surface area contributed by atoms with Gasteiger partial charge >= 0.3 is 0 Å². The van der Waals surface area contributed by atoms with Gasteiger partial charge in [0, 0.05) is 22.4 Å². The molecule has 0 saturated carbocycles. The number of hydrogen-bond acceptors (Lipinski definition) is 5. The molecule has 4 aromatic rings. The lowest BCUT2D eigenvalue weighted by molar-refractivity contribution is -0.113. The number of ether oxygens (including phenoxy) is 2. The van der Waals surface area contributed by atoms with E-state index in [0.717, 1.165) is 0 Å². The first-order valence-corrected chi connectivity index (χ1v) is 13.4. The standard InChI is InChI=1S/C33H26Cl2N2O5/c1-41-29-13-7-11-24(31(29)42-2)20-27(37-32(39)23-8-4-3-5-9-23)33(40)36-25-17-14-21(15-18-25)28(38)19-16-22-10-6-12-26(34)30(22)35/h3-20H,1-2H3,(H,36,40)(H,37,39)/b19-16+,27-20-. The van der Waals surface area contributed by atoms with E-state index in [1.54, 1.807) is 97.1 Å². The first-order chi connectivity index (χ1) is 20.3. The van der Waals surface area contributed by atoms with Crippen LogP contribution in [0.4, 0.5) is 5.69 Å². The Balaban J connectivity index is 1.56. The van der Waals surface area contributed by atoms with Crippen molar-refractivity contribution in [3.8, 4) is 11.5 Å². The first-order valence-electron chi connectivity index (χ1n) is 12.7. The SMILES string of the molecule is COc1cccc(/C=C(\NC(=O)c2ccccc2)C(=O)Nc2ccc(C(=O)/C=C/c3cccc(Cl)c3Cl)cc2)c1OC. The summed E-state index contributed by atoms with van der Waals surface area (Å²) >= 11 is 12.2. The number of benzene rings is 4. The number of allylic oxidation sites excluding steroid dienone is 1. The summed E-state index contributed by atoms with van der Waals surface area (Å²) in [5.41, 5.74) is 2.29. The van der Waals surface area contributed by atoms with E-state index in [0.29, 0.717) is 49.5 Å². The molecule has 9 heteroatoms. The molecule has 0 unspecified atom stereocenters. The maximum atomic E-state index is 13.4. The highest BCUT2D eigenvalue weighted by molar-refractivity contribution is 6.43. The van der Waals surface area contributed by atoms with Crippen molar-refractivity contribution in [2.24, 2.45) is 0 Å². The Morgan fingerprint density at radius 3 is 2.12 bits per heavy atom. The molecule has 42 heavy (non-hydrogen) atoms. The van der Waals surface area contributed by atoms with Gasteiger partial charge < -0.3 is 20.1 Å². The number of nitrogens with one attached hydrogen (secondary N) is 2. The molecule has 0 spiro atoms. The predicted molar refractivity (Wildman–Crippen MR) is 166 cm³/mol.